The average Bonchev–Trinajstić information content (AvgIpc) is 2.50. The van der Waals surface area contributed by atoms with E-state index in [1.807, 2.05) is 13.0 Å². The third-order valence-corrected chi connectivity index (χ3v) is 3.55. The minimum absolute atomic E-state index is 0.0783. The van der Waals surface area contributed by atoms with Gasteiger partial charge < -0.3 is 25.7 Å². The number of carboxylic acids is 1. The fraction of sp³-hybridized carbons (Fsp3) is 0.471. The van der Waals surface area contributed by atoms with E-state index in [1.54, 1.807) is 18.2 Å². The van der Waals surface area contributed by atoms with E-state index in [1.165, 1.54) is 9.80 Å². The second-order valence-corrected chi connectivity index (χ2v) is 6.16. The molecule has 0 radical (unpaired) electrons. The monoisotopic (exact) mass is 384 g/mol. The molecule has 150 valence electrons. The van der Waals surface area contributed by atoms with Crippen molar-refractivity contribution in [3.63, 3.8) is 0 Å². The van der Waals surface area contributed by atoms with E-state index in [0.717, 1.165) is 5.56 Å². The molecule has 0 aliphatic carbocycles. The molecule has 0 saturated heterocycles. The van der Waals surface area contributed by atoms with Crippen LogP contribution in [0.2, 0.25) is 0 Å². The highest BCUT2D eigenvalue weighted by atomic mass is 16.5. The first-order valence-corrected chi connectivity index (χ1v) is 8.29. The third kappa shape index (κ3) is 10.3. The summed E-state index contributed by atoms with van der Waals surface area (Å²) in [5.41, 5.74) is 1.57. The number of carbonyl (C=O) groups is 3. The first-order valence-electron chi connectivity index (χ1n) is 8.29. The normalized spacial score (nSPS) is 11.2. The van der Waals surface area contributed by atoms with Gasteiger partial charge in [0.15, 0.2) is 12.8 Å². The Morgan fingerprint density at radius 1 is 1.11 bits per heavy atom. The van der Waals surface area contributed by atoms with E-state index in [-0.39, 0.29) is 38.6 Å². The number of rotatable bonds is 12. The number of hydrogen-bond acceptors (Lipinski definition) is 7. The number of amides is 1. The van der Waals surface area contributed by atoms with Crippen LogP contribution in [0.25, 0.3) is 0 Å². The van der Waals surface area contributed by atoms with Crippen LogP contribution in [0.5, 0.6) is 0 Å². The molecule has 10 heteroatoms. The maximum atomic E-state index is 12.2. The topological polar surface area (TPSA) is 153 Å². The van der Waals surface area contributed by atoms with Gasteiger partial charge in [-0.3, -0.25) is 19.4 Å². The fourth-order valence-electron chi connectivity index (χ4n) is 2.48. The lowest BCUT2D eigenvalue weighted by molar-refractivity contribution is -0.141. The van der Waals surface area contributed by atoms with Gasteiger partial charge in [0, 0.05) is 30.1 Å². The van der Waals surface area contributed by atoms with Crippen LogP contribution in [0, 0.1) is 6.92 Å². The average molecular weight is 384 g/mol. The van der Waals surface area contributed by atoms with Crippen LogP contribution in [0.4, 0.5) is 5.69 Å². The molecule has 0 bridgehead atoms. The predicted molar refractivity (Wildman–Crippen MR) is 97.2 cm³/mol. The number of nitrogens with one attached hydrogen (secondary N) is 1. The maximum Gasteiger partial charge on any atom is 0.530 e. The van der Waals surface area contributed by atoms with Crippen LogP contribution in [0.15, 0.2) is 24.3 Å². The lowest BCUT2D eigenvalue weighted by atomic mass is 10.2. The Kier molecular flexibility index (Phi) is 9.37. The first-order chi connectivity index (χ1) is 12.7. The zero-order chi connectivity index (χ0) is 20.4. The van der Waals surface area contributed by atoms with Crippen molar-refractivity contribution in [2.45, 2.75) is 13.2 Å². The highest BCUT2D eigenvalue weighted by Gasteiger charge is 2.20. The highest BCUT2D eigenvalue weighted by molar-refractivity contribution is 5.92. The Morgan fingerprint density at radius 2 is 1.78 bits per heavy atom. The number of carbonyl (C=O) groups excluding carboxylic acids is 2. The Labute approximate surface area is 156 Å². The smallest absolute Gasteiger partial charge is 0.530 e. The summed E-state index contributed by atoms with van der Waals surface area (Å²) in [5.74, 6) is -2.41. The number of aryl methyl sites for hydroxylation is 1. The summed E-state index contributed by atoms with van der Waals surface area (Å²) in [6, 6.07) is 7.19. The summed E-state index contributed by atoms with van der Waals surface area (Å²) < 4.78 is 0. The molecule has 0 heterocycles. The van der Waals surface area contributed by atoms with Gasteiger partial charge in [0.2, 0.25) is 5.91 Å². The van der Waals surface area contributed by atoms with Gasteiger partial charge in [-0.2, -0.15) is 0 Å². The molecule has 0 aromatic heterocycles. The Hall–Kier alpha value is -2.53. The van der Waals surface area contributed by atoms with Crippen LogP contribution in [0.1, 0.15) is 5.56 Å². The van der Waals surface area contributed by atoms with E-state index in [2.05, 4.69) is 5.32 Å². The molecular formula is C17H26N3O7+. The molecule has 6 N–H and O–H groups in total. The molecule has 0 fully saturated rings. The number of aliphatic hydroxyl groups is 2. The molecule has 1 amide bonds. The van der Waals surface area contributed by atoms with Gasteiger partial charge >= 0.3 is 11.9 Å². The lowest BCUT2D eigenvalue weighted by Gasteiger charge is -2.25. The summed E-state index contributed by atoms with van der Waals surface area (Å²) in [6.07, 6.45) is -1.71. The van der Waals surface area contributed by atoms with Crippen LogP contribution < -0.4 is 5.32 Å². The van der Waals surface area contributed by atoms with Crippen LogP contribution in [-0.4, -0.2) is 93.6 Å². The standard InChI is InChI=1S/C17H25N3O7/c1-12-3-2-4-13(7-12)18-14(21)8-19(9-15(22)23)5-6-20(10-16(24)25)11-17(26)27/h2-4,7,16,24-25H,5-6,8-11H2,1H3,(H,18,21)(H,22,23)(H,26,27)/p+1. The van der Waals surface area contributed by atoms with Crippen molar-refractivity contribution >= 4 is 23.5 Å². The number of anilines is 1. The summed E-state index contributed by atoms with van der Waals surface area (Å²) in [5, 5.41) is 36.8. The van der Waals surface area contributed by atoms with Gasteiger partial charge in [0.1, 0.15) is 0 Å². The number of aliphatic hydroxyl groups excluding tert-OH is 1. The zero-order valence-corrected chi connectivity index (χ0v) is 15.1. The van der Waals surface area contributed by atoms with Crippen molar-refractivity contribution in [2.75, 3.05) is 44.6 Å². The molecular weight excluding hydrogens is 358 g/mol. The summed E-state index contributed by atoms with van der Waals surface area (Å²) in [6.45, 7) is 0.888. The van der Waals surface area contributed by atoms with Gasteiger partial charge in [-0.25, -0.2) is 0 Å². The molecule has 10 nitrogen and oxygen atoms in total. The second kappa shape index (κ2) is 11.2. The SMILES string of the molecule is Cc1cccc(NC(=O)CN(CCN(CC(=O)O)CC(O)O)CC(=O)[OH2+])c1. The van der Waals surface area contributed by atoms with Crippen molar-refractivity contribution in [1.82, 2.24) is 9.80 Å². The quantitative estimate of drug-likeness (QED) is 0.243. The van der Waals surface area contributed by atoms with Crippen molar-refractivity contribution < 1.29 is 34.8 Å². The largest absolute Gasteiger partial charge is 0.564 e. The van der Waals surface area contributed by atoms with Crippen molar-refractivity contribution in [1.29, 1.82) is 0 Å². The molecule has 0 atom stereocenters. The Morgan fingerprint density at radius 3 is 2.33 bits per heavy atom. The molecule has 0 aliphatic rings. The predicted octanol–water partition coefficient (Wildman–Crippen LogP) is -1.82. The Bertz CT molecular complexity index is 651. The number of hydrogen-bond donors (Lipinski definition) is 4. The van der Waals surface area contributed by atoms with E-state index < -0.39 is 24.8 Å². The van der Waals surface area contributed by atoms with Gasteiger partial charge in [-0.15, -0.1) is 0 Å². The second-order valence-electron chi connectivity index (χ2n) is 6.16. The van der Waals surface area contributed by atoms with Gasteiger partial charge in [0.25, 0.3) is 0 Å². The van der Waals surface area contributed by atoms with Crippen molar-refractivity contribution in [3.05, 3.63) is 29.8 Å². The zero-order valence-electron chi connectivity index (χ0n) is 15.1. The molecule has 1 aromatic rings. The number of nitrogens with zero attached hydrogens (tertiary/aromatic N) is 2. The minimum atomic E-state index is -1.71. The molecule has 0 aliphatic heterocycles. The molecule has 1 aromatic carbocycles. The van der Waals surface area contributed by atoms with Crippen LogP contribution in [-0.2, 0) is 14.4 Å². The number of aliphatic carboxylic acids is 1. The van der Waals surface area contributed by atoms with E-state index in [0.29, 0.717) is 5.69 Å². The minimum Gasteiger partial charge on any atom is -0.564 e. The molecule has 27 heavy (non-hydrogen) atoms. The molecule has 0 unspecified atom stereocenters. The van der Waals surface area contributed by atoms with Gasteiger partial charge in [-0.1, -0.05) is 12.1 Å². The fourth-order valence-corrected chi connectivity index (χ4v) is 2.48. The van der Waals surface area contributed by atoms with E-state index in [4.69, 9.17) is 20.4 Å². The highest BCUT2D eigenvalue weighted by Crippen LogP contribution is 2.09. The molecule has 0 saturated carbocycles. The summed E-state index contributed by atoms with van der Waals surface area (Å²) in [4.78, 5) is 36.9. The third-order valence-electron chi connectivity index (χ3n) is 3.55. The van der Waals surface area contributed by atoms with E-state index >= 15 is 0 Å². The number of benzene rings is 1. The first kappa shape index (κ1) is 22.5. The van der Waals surface area contributed by atoms with Crippen molar-refractivity contribution in [2.24, 2.45) is 0 Å². The van der Waals surface area contributed by atoms with Crippen LogP contribution >= 0.6 is 0 Å². The summed E-state index contributed by atoms with van der Waals surface area (Å²) >= 11 is 0. The van der Waals surface area contributed by atoms with Gasteiger partial charge in [-0.05, 0) is 24.6 Å². The van der Waals surface area contributed by atoms with Gasteiger partial charge in [0.05, 0.1) is 13.1 Å². The van der Waals surface area contributed by atoms with E-state index in [9.17, 15) is 14.4 Å². The van der Waals surface area contributed by atoms with Crippen molar-refractivity contribution in [3.8, 4) is 0 Å². The number of carboxylic acid groups (broad SMARTS) is 1. The van der Waals surface area contributed by atoms with Crippen LogP contribution in [0.3, 0.4) is 0 Å². The Balaban J connectivity index is 2.66. The lowest BCUT2D eigenvalue weighted by Crippen LogP contribution is -2.44. The molecule has 1 rings (SSSR count). The molecule has 0 spiro atoms. The summed E-state index contributed by atoms with van der Waals surface area (Å²) in [7, 11) is 0. The maximum absolute atomic E-state index is 12.2.